The largest absolute Gasteiger partial charge is 0.481 e. The molecule has 1 heterocycles. The molecule has 28 heavy (non-hydrogen) atoms. The van der Waals surface area contributed by atoms with Crippen LogP contribution in [-0.4, -0.2) is 41.9 Å². The van der Waals surface area contributed by atoms with Crippen molar-refractivity contribution in [1.82, 2.24) is 10.2 Å². The Balaban J connectivity index is 1.47. The second-order valence-electron chi connectivity index (χ2n) is 6.79. The van der Waals surface area contributed by atoms with Gasteiger partial charge in [0, 0.05) is 29.7 Å². The highest BCUT2D eigenvalue weighted by atomic mass is 35.5. The Morgan fingerprint density at radius 2 is 1.71 bits per heavy atom. The smallest absolute Gasteiger partial charge is 0.263 e. The van der Waals surface area contributed by atoms with E-state index >= 15 is 0 Å². The predicted octanol–water partition coefficient (Wildman–Crippen LogP) is 3.67. The number of ether oxygens (including phenoxy) is 1. The van der Waals surface area contributed by atoms with Crippen molar-refractivity contribution in [3.63, 3.8) is 0 Å². The fourth-order valence-corrected chi connectivity index (χ4v) is 3.26. The fourth-order valence-electron chi connectivity index (χ4n) is 3.14. The maximum Gasteiger partial charge on any atom is 0.263 e. The van der Waals surface area contributed by atoms with E-state index in [4.69, 9.17) is 16.3 Å². The van der Waals surface area contributed by atoms with Gasteiger partial charge < -0.3 is 15.0 Å². The Kier molecular flexibility index (Phi) is 6.52. The second-order valence-corrected chi connectivity index (χ2v) is 7.23. The molecule has 0 aliphatic carbocycles. The van der Waals surface area contributed by atoms with Gasteiger partial charge in [-0.25, -0.2) is 4.39 Å². The summed E-state index contributed by atoms with van der Waals surface area (Å²) in [5, 5.41) is 3.55. The van der Waals surface area contributed by atoms with Crippen molar-refractivity contribution in [2.24, 2.45) is 0 Å². The molecule has 0 aromatic heterocycles. The molecule has 1 saturated heterocycles. The van der Waals surface area contributed by atoms with Gasteiger partial charge in [-0.15, -0.1) is 0 Å². The van der Waals surface area contributed by atoms with Crippen LogP contribution in [0.3, 0.4) is 0 Å². The maximum absolute atomic E-state index is 13.0. The zero-order valence-corrected chi connectivity index (χ0v) is 16.3. The lowest BCUT2D eigenvalue weighted by molar-refractivity contribution is -0.139. The third-order valence-corrected chi connectivity index (χ3v) is 4.97. The van der Waals surface area contributed by atoms with Crippen molar-refractivity contribution in [3.05, 3.63) is 64.9 Å². The number of amides is 2. The summed E-state index contributed by atoms with van der Waals surface area (Å²) >= 11 is 5.85. The molecule has 5 nitrogen and oxygen atoms in total. The average Bonchev–Trinajstić information content (AvgIpc) is 2.70. The van der Waals surface area contributed by atoms with Gasteiger partial charge >= 0.3 is 0 Å². The summed E-state index contributed by atoms with van der Waals surface area (Å²) in [6.07, 6.45) is 0.713. The minimum Gasteiger partial charge on any atom is -0.481 e. The number of halogens is 2. The van der Waals surface area contributed by atoms with Crippen LogP contribution in [0.2, 0.25) is 5.02 Å². The summed E-state index contributed by atoms with van der Waals surface area (Å²) in [4.78, 5) is 26.6. The van der Waals surface area contributed by atoms with E-state index in [2.05, 4.69) is 5.32 Å². The van der Waals surface area contributed by atoms with Crippen molar-refractivity contribution in [1.29, 1.82) is 0 Å². The van der Waals surface area contributed by atoms with Crippen LogP contribution in [0.4, 0.5) is 4.39 Å². The molecule has 1 aliphatic heterocycles. The molecule has 0 radical (unpaired) electrons. The van der Waals surface area contributed by atoms with Gasteiger partial charge in [0.15, 0.2) is 6.10 Å². The van der Waals surface area contributed by atoms with Crippen LogP contribution < -0.4 is 10.1 Å². The van der Waals surface area contributed by atoms with Crippen molar-refractivity contribution in [2.45, 2.75) is 31.9 Å². The van der Waals surface area contributed by atoms with Crippen LogP contribution in [0.15, 0.2) is 48.5 Å². The molecule has 1 unspecified atom stereocenters. The first-order valence-corrected chi connectivity index (χ1v) is 9.57. The zero-order chi connectivity index (χ0) is 20.1. The molecule has 1 N–H and O–H groups in total. The SMILES string of the molecule is CC(Oc1ccc(Cl)cc1)C(=O)N1CCC(NC(=O)c2ccc(F)cc2)CC1. The zero-order valence-electron chi connectivity index (χ0n) is 15.5. The summed E-state index contributed by atoms with van der Waals surface area (Å²) in [5.41, 5.74) is 0.421. The molecular formula is C21H22ClFN2O3. The van der Waals surface area contributed by atoms with E-state index in [0.717, 1.165) is 0 Å². The van der Waals surface area contributed by atoms with E-state index in [0.29, 0.717) is 42.3 Å². The predicted molar refractivity (Wildman–Crippen MR) is 105 cm³/mol. The van der Waals surface area contributed by atoms with E-state index in [1.54, 1.807) is 36.1 Å². The van der Waals surface area contributed by atoms with E-state index in [1.165, 1.54) is 24.3 Å². The number of piperidine rings is 1. The van der Waals surface area contributed by atoms with Crippen molar-refractivity contribution in [3.8, 4) is 5.75 Å². The molecule has 2 amide bonds. The van der Waals surface area contributed by atoms with Crippen LogP contribution in [0.1, 0.15) is 30.1 Å². The Labute approximate surface area is 168 Å². The standard InChI is InChI=1S/C21H22ClFN2O3/c1-14(28-19-8-4-16(22)5-9-19)21(27)25-12-10-18(11-13-25)24-20(26)15-2-6-17(23)7-3-15/h2-9,14,18H,10-13H2,1H3,(H,24,26). The lowest BCUT2D eigenvalue weighted by Crippen LogP contribution is -2.49. The maximum atomic E-state index is 13.0. The van der Waals surface area contributed by atoms with Gasteiger partial charge in [-0.1, -0.05) is 11.6 Å². The van der Waals surface area contributed by atoms with Gasteiger partial charge in [0.2, 0.25) is 0 Å². The minimum absolute atomic E-state index is 0.0194. The van der Waals surface area contributed by atoms with Gasteiger partial charge in [-0.2, -0.15) is 0 Å². The summed E-state index contributed by atoms with van der Waals surface area (Å²) in [6.45, 7) is 2.81. The molecule has 2 aromatic carbocycles. The molecule has 0 spiro atoms. The first kappa shape index (κ1) is 20.1. The molecule has 1 atom stereocenters. The highest BCUT2D eigenvalue weighted by Crippen LogP contribution is 2.19. The van der Waals surface area contributed by atoms with E-state index < -0.39 is 6.10 Å². The molecule has 3 rings (SSSR count). The summed E-state index contributed by atoms with van der Waals surface area (Å²) in [7, 11) is 0. The Bertz CT molecular complexity index is 819. The molecule has 0 bridgehead atoms. The number of benzene rings is 2. The molecule has 0 saturated carbocycles. The van der Waals surface area contributed by atoms with Crippen molar-refractivity contribution in [2.75, 3.05) is 13.1 Å². The molecule has 7 heteroatoms. The highest BCUT2D eigenvalue weighted by molar-refractivity contribution is 6.30. The van der Waals surface area contributed by atoms with Gasteiger partial charge in [0.1, 0.15) is 11.6 Å². The quantitative estimate of drug-likeness (QED) is 0.827. The number of carbonyl (C=O) groups is 2. The Morgan fingerprint density at radius 1 is 1.11 bits per heavy atom. The van der Waals surface area contributed by atoms with E-state index in [-0.39, 0.29) is 23.7 Å². The number of nitrogens with one attached hydrogen (secondary N) is 1. The van der Waals surface area contributed by atoms with Crippen LogP contribution in [0.25, 0.3) is 0 Å². The van der Waals surface area contributed by atoms with Crippen molar-refractivity contribution >= 4 is 23.4 Å². The molecule has 148 valence electrons. The van der Waals surface area contributed by atoms with Crippen LogP contribution >= 0.6 is 11.6 Å². The van der Waals surface area contributed by atoms with Gasteiger partial charge in [0.25, 0.3) is 11.8 Å². The number of rotatable bonds is 5. The summed E-state index contributed by atoms with van der Waals surface area (Å²) in [5.74, 6) is -0.104. The molecule has 2 aromatic rings. The minimum atomic E-state index is -0.605. The van der Waals surface area contributed by atoms with E-state index in [1.807, 2.05) is 0 Å². The lowest BCUT2D eigenvalue weighted by Gasteiger charge is -2.33. The second kappa shape index (κ2) is 9.06. The number of nitrogens with zero attached hydrogens (tertiary/aromatic N) is 1. The first-order chi connectivity index (χ1) is 13.4. The molecular weight excluding hydrogens is 383 g/mol. The summed E-state index contributed by atoms with van der Waals surface area (Å²) in [6, 6.07) is 12.3. The molecule has 1 fully saturated rings. The Morgan fingerprint density at radius 3 is 2.32 bits per heavy atom. The fraction of sp³-hybridized carbons (Fsp3) is 0.333. The topological polar surface area (TPSA) is 58.6 Å². The van der Waals surface area contributed by atoms with Gasteiger partial charge in [-0.05, 0) is 68.3 Å². The third-order valence-electron chi connectivity index (χ3n) is 4.72. The third kappa shape index (κ3) is 5.23. The Hall–Kier alpha value is -2.60. The average molecular weight is 405 g/mol. The normalized spacial score (nSPS) is 15.8. The highest BCUT2D eigenvalue weighted by Gasteiger charge is 2.27. The monoisotopic (exact) mass is 404 g/mol. The van der Waals surface area contributed by atoms with Gasteiger partial charge in [0.05, 0.1) is 0 Å². The van der Waals surface area contributed by atoms with Crippen molar-refractivity contribution < 1.29 is 18.7 Å². The lowest BCUT2D eigenvalue weighted by atomic mass is 10.0. The number of carbonyl (C=O) groups excluding carboxylic acids is 2. The van der Waals surface area contributed by atoms with Crippen LogP contribution in [0.5, 0.6) is 5.75 Å². The number of hydrogen-bond donors (Lipinski definition) is 1. The van der Waals surface area contributed by atoms with Crippen LogP contribution in [-0.2, 0) is 4.79 Å². The van der Waals surface area contributed by atoms with Crippen LogP contribution in [0, 0.1) is 5.82 Å². The number of likely N-dealkylation sites (tertiary alicyclic amines) is 1. The summed E-state index contributed by atoms with van der Waals surface area (Å²) < 4.78 is 18.7. The van der Waals surface area contributed by atoms with E-state index in [9.17, 15) is 14.0 Å². The first-order valence-electron chi connectivity index (χ1n) is 9.20. The number of hydrogen-bond acceptors (Lipinski definition) is 3. The molecule has 1 aliphatic rings. The van der Waals surface area contributed by atoms with Gasteiger partial charge in [-0.3, -0.25) is 9.59 Å².